The van der Waals surface area contributed by atoms with E-state index in [9.17, 15) is 8.78 Å². The number of nitrogens with one attached hydrogen (secondary N) is 1. The first-order valence-corrected chi connectivity index (χ1v) is 7.00. The highest BCUT2D eigenvalue weighted by Gasteiger charge is 2.20. The fraction of sp³-hybridized carbons (Fsp3) is 0.417. The Hall–Kier alpha value is -1.41. The molecule has 1 atom stereocenters. The maximum Gasteiger partial charge on any atom is 0.173 e. The van der Waals surface area contributed by atoms with Gasteiger partial charge in [-0.25, -0.2) is 8.78 Å². The molecular formula is C12H14BrF2N5. The van der Waals surface area contributed by atoms with Gasteiger partial charge in [-0.3, -0.25) is 0 Å². The van der Waals surface area contributed by atoms with E-state index < -0.39 is 11.6 Å². The van der Waals surface area contributed by atoms with Gasteiger partial charge in [-0.15, -0.1) is 5.10 Å². The number of aromatic nitrogens is 4. The van der Waals surface area contributed by atoms with Gasteiger partial charge in [-0.2, -0.15) is 4.68 Å². The lowest BCUT2D eigenvalue weighted by molar-refractivity contribution is 0.521. The third-order valence-electron chi connectivity index (χ3n) is 2.77. The summed E-state index contributed by atoms with van der Waals surface area (Å²) < 4.78 is 28.6. The monoisotopic (exact) mass is 345 g/mol. The van der Waals surface area contributed by atoms with Crippen molar-refractivity contribution >= 4 is 15.9 Å². The van der Waals surface area contributed by atoms with E-state index >= 15 is 0 Å². The van der Waals surface area contributed by atoms with Crippen molar-refractivity contribution in [1.29, 1.82) is 0 Å². The minimum Gasteiger partial charge on any atom is -0.307 e. The van der Waals surface area contributed by atoms with Crippen molar-refractivity contribution in [2.24, 2.45) is 0 Å². The van der Waals surface area contributed by atoms with Crippen molar-refractivity contribution in [3.63, 3.8) is 0 Å². The molecule has 2 rings (SSSR count). The van der Waals surface area contributed by atoms with Crippen LogP contribution in [0.15, 0.2) is 16.6 Å². The molecule has 0 aliphatic rings. The topological polar surface area (TPSA) is 55.6 Å². The fourth-order valence-corrected chi connectivity index (χ4v) is 2.39. The van der Waals surface area contributed by atoms with Gasteiger partial charge in [0, 0.05) is 10.5 Å². The molecule has 108 valence electrons. The maximum absolute atomic E-state index is 14.0. The molecule has 20 heavy (non-hydrogen) atoms. The second-order valence-electron chi connectivity index (χ2n) is 4.34. The van der Waals surface area contributed by atoms with Crippen LogP contribution in [0.2, 0.25) is 0 Å². The predicted octanol–water partition coefficient (Wildman–Crippen LogP) is 2.76. The summed E-state index contributed by atoms with van der Waals surface area (Å²) in [4.78, 5) is 0. The van der Waals surface area contributed by atoms with Crippen molar-refractivity contribution in [1.82, 2.24) is 25.5 Å². The molecule has 1 aromatic heterocycles. The molecular weight excluding hydrogens is 332 g/mol. The molecule has 0 aliphatic heterocycles. The standard InChI is InChI=1S/C12H14BrF2N5/c1-3-4-16-7(2)12-17-18-19-20(12)11-9(13)5-8(14)6-10(11)15/h5-7,16H,3-4H2,1-2H3. The van der Waals surface area contributed by atoms with E-state index in [1.54, 1.807) is 0 Å². The first-order chi connectivity index (χ1) is 9.54. The van der Waals surface area contributed by atoms with Crippen LogP contribution in [0.4, 0.5) is 8.78 Å². The number of benzene rings is 1. The molecule has 1 N–H and O–H groups in total. The molecule has 0 fully saturated rings. The molecule has 0 amide bonds. The summed E-state index contributed by atoms with van der Waals surface area (Å²) in [5, 5.41) is 14.5. The lowest BCUT2D eigenvalue weighted by Gasteiger charge is -2.14. The van der Waals surface area contributed by atoms with Crippen LogP contribution in [0.1, 0.15) is 32.1 Å². The average molecular weight is 346 g/mol. The Labute approximate surface area is 123 Å². The predicted molar refractivity (Wildman–Crippen MR) is 73.5 cm³/mol. The normalized spacial score (nSPS) is 12.7. The number of hydrogen-bond donors (Lipinski definition) is 1. The van der Waals surface area contributed by atoms with Crippen LogP contribution in [0.25, 0.3) is 5.69 Å². The Kier molecular flexibility index (Phi) is 4.77. The number of hydrogen-bond acceptors (Lipinski definition) is 4. The molecule has 1 heterocycles. The summed E-state index contributed by atoms with van der Waals surface area (Å²) in [6, 6.07) is 1.82. The molecule has 0 radical (unpaired) electrons. The van der Waals surface area contributed by atoms with Gasteiger partial charge < -0.3 is 5.32 Å². The Bertz CT molecular complexity index is 578. The summed E-state index contributed by atoms with van der Waals surface area (Å²) in [7, 11) is 0. The number of nitrogens with zero attached hydrogens (tertiary/aromatic N) is 4. The van der Waals surface area contributed by atoms with E-state index in [0.717, 1.165) is 19.0 Å². The molecule has 0 spiro atoms. The van der Waals surface area contributed by atoms with Crippen molar-refractivity contribution in [2.75, 3.05) is 6.54 Å². The van der Waals surface area contributed by atoms with Crippen LogP contribution in [0.5, 0.6) is 0 Å². The molecule has 1 unspecified atom stereocenters. The Morgan fingerprint density at radius 2 is 2.15 bits per heavy atom. The zero-order chi connectivity index (χ0) is 14.7. The van der Waals surface area contributed by atoms with Gasteiger partial charge in [-0.1, -0.05) is 6.92 Å². The van der Waals surface area contributed by atoms with Gasteiger partial charge in [0.05, 0.1) is 6.04 Å². The maximum atomic E-state index is 14.0. The molecule has 1 aromatic carbocycles. The van der Waals surface area contributed by atoms with E-state index in [1.807, 2.05) is 13.8 Å². The lowest BCUT2D eigenvalue weighted by atomic mass is 10.2. The Balaban J connectivity index is 2.42. The van der Waals surface area contributed by atoms with E-state index in [2.05, 4.69) is 36.8 Å². The SMILES string of the molecule is CCCNC(C)c1nnnn1-c1c(F)cc(F)cc1Br. The van der Waals surface area contributed by atoms with Crippen LogP contribution in [-0.4, -0.2) is 26.8 Å². The van der Waals surface area contributed by atoms with E-state index in [0.29, 0.717) is 5.82 Å². The fourth-order valence-electron chi connectivity index (χ4n) is 1.81. The van der Waals surface area contributed by atoms with Gasteiger partial charge in [0.15, 0.2) is 11.6 Å². The summed E-state index contributed by atoms with van der Waals surface area (Å²) in [6.45, 7) is 4.72. The molecule has 0 saturated carbocycles. The minimum absolute atomic E-state index is 0.0940. The zero-order valence-corrected chi connectivity index (χ0v) is 12.7. The summed E-state index contributed by atoms with van der Waals surface area (Å²) in [5.74, 6) is -0.928. The van der Waals surface area contributed by atoms with Crippen LogP contribution >= 0.6 is 15.9 Å². The van der Waals surface area contributed by atoms with Crippen LogP contribution in [-0.2, 0) is 0 Å². The van der Waals surface area contributed by atoms with Crippen LogP contribution < -0.4 is 5.32 Å². The van der Waals surface area contributed by atoms with Crippen LogP contribution in [0, 0.1) is 11.6 Å². The minimum atomic E-state index is -0.729. The van der Waals surface area contributed by atoms with Gasteiger partial charge >= 0.3 is 0 Å². The van der Waals surface area contributed by atoms with Crippen molar-refractivity contribution < 1.29 is 8.78 Å². The van der Waals surface area contributed by atoms with Gasteiger partial charge in [0.1, 0.15) is 11.5 Å². The van der Waals surface area contributed by atoms with E-state index in [4.69, 9.17) is 0 Å². The highest BCUT2D eigenvalue weighted by molar-refractivity contribution is 9.10. The second kappa shape index (κ2) is 6.36. The number of tetrazole rings is 1. The summed E-state index contributed by atoms with van der Waals surface area (Å²) >= 11 is 3.14. The molecule has 0 bridgehead atoms. The summed E-state index contributed by atoms with van der Waals surface area (Å²) in [6.07, 6.45) is 0.959. The third-order valence-corrected chi connectivity index (χ3v) is 3.38. The number of rotatable bonds is 5. The average Bonchev–Trinajstić information content (AvgIpc) is 2.83. The molecule has 2 aromatic rings. The summed E-state index contributed by atoms with van der Waals surface area (Å²) in [5.41, 5.74) is 0.0940. The first kappa shape index (κ1) is 15.0. The van der Waals surface area contributed by atoms with E-state index in [1.165, 1.54) is 10.7 Å². The quantitative estimate of drug-likeness (QED) is 0.905. The van der Waals surface area contributed by atoms with Crippen molar-refractivity contribution in [3.05, 3.63) is 34.1 Å². The lowest BCUT2D eigenvalue weighted by Crippen LogP contribution is -2.23. The molecule has 8 heteroatoms. The van der Waals surface area contributed by atoms with Gasteiger partial charge in [0.25, 0.3) is 0 Å². The van der Waals surface area contributed by atoms with Crippen LogP contribution in [0.3, 0.4) is 0 Å². The Morgan fingerprint density at radius 1 is 1.40 bits per heavy atom. The zero-order valence-electron chi connectivity index (χ0n) is 11.1. The highest BCUT2D eigenvalue weighted by atomic mass is 79.9. The third kappa shape index (κ3) is 3.01. The van der Waals surface area contributed by atoms with Crippen molar-refractivity contribution in [3.8, 4) is 5.69 Å². The molecule has 0 saturated heterocycles. The first-order valence-electron chi connectivity index (χ1n) is 6.21. The highest BCUT2D eigenvalue weighted by Crippen LogP contribution is 2.26. The van der Waals surface area contributed by atoms with Crippen molar-refractivity contribution in [2.45, 2.75) is 26.3 Å². The van der Waals surface area contributed by atoms with Gasteiger partial charge in [0.2, 0.25) is 0 Å². The number of halogens is 3. The largest absolute Gasteiger partial charge is 0.307 e. The van der Waals surface area contributed by atoms with Gasteiger partial charge in [-0.05, 0) is 52.3 Å². The molecule has 5 nitrogen and oxygen atoms in total. The second-order valence-corrected chi connectivity index (χ2v) is 5.20. The van der Waals surface area contributed by atoms with E-state index in [-0.39, 0.29) is 16.2 Å². The smallest absolute Gasteiger partial charge is 0.173 e. The molecule has 0 aliphatic carbocycles. The Morgan fingerprint density at radius 3 is 2.80 bits per heavy atom.